The highest BCUT2D eigenvalue weighted by Crippen LogP contribution is 2.20. The summed E-state index contributed by atoms with van der Waals surface area (Å²) >= 11 is 0. The van der Waals surface area contributed by atoms with E-state index in [-0.39, 0.29) is 5.92 Å². The first-order valence-electron chi connectivity index (χ1n) is 4.41. The molecular formula is C9H16NO. The second kappa shape index (κ2) is 4.50. The van der Waals surface area contributed by atoms with Crippen LogP contribution in [0.4, 0.5) is 0 Å². The lowest BCUT2D eigenvalue weighted by Gasteiger charge is -2.22. The number of aldehydes is 1. The first-order valence-corrected chi connectivity index (χ1v) is 4.41. The number of carbonyl (C=O) groups is 1. The van der Waals surface area contributed by atoms with Crippen LogP contribution in [-0.2, 0) is 4.79 Å². The standard InChI is InChI=1S/C9H16NO/c1-8(7-11)6-9-2-4-10-5-3-9/h7-9H,2-6H2,1H3. The van der Waals surface area contributed by atoms with Crippen LogP contribution in [0.1, 0.15) is 26.2 Å². The second-order valence-electron chi connectivity index (χ2n) is 3.46. The molecule has 0 aromatic heterocycles. The van der Waals surface area contributed by atoms with Gasteiger partial charge in [-0.3, -0.25) is 0 Å². The minimum absolute atomic E-state index is 0.248. The SMILES string of the molecule is CC(C=O)CC1CC[N]CC1. The fourth-order valence-corrected chi connectivity index (χ4v) is 1.62. The minimum atomic E-state index is 0.248. The molecule has 63 valence electrons. The molecule has 0 bridgehead atoms. The Balaban J connectivity index is 2.18. The van der Waals surface area contributed by atoms with E-state index in [4.69, 9.17) is 0 Å². The number of piperidine rings is 1. The van der Waals surface area contributed by atoms with Crippen LogP contribution in [0.2, 0.25) is 0 Å². The number of rotatable bonds is 3. The first kappa shape index (κ1) is 8.72. The van der Waals surface area contributed by atoms with Crippen LogP contribution in [0.15, 0.2) is 0 Å². The van der Waals surface area contributed by atoms with E-state index in [9.17, 15) is 4.79 Å². The fraction of sp³-hybridized carbons (Fsp3) is 0.889. The number of carbonyl (C=O) groups excluding carboxylic acids is 1. The molecule has 2 nitrogen and oxygen atoms in total. The summed E-state index contributed by atoms with van der Waals surface area (Å²) in [6, 6.07) is 0. The molecule has 0 aromatic carbocycles. The van der Waals surface area contributed by atoms with Crippen molar-refractivity contribution in [2.75, 3.05) is 13.1 Å². The molecule has 1 rings (SSSR count). The van der Waals surface area contributed by atoms with Gasteiger partial charge in [0.05, 0.1) is 0 Å². The van der Waals surface area contributed by atoms with E-state index in [2.05, 4.69) is 5.32 Å². The Labute approximate surface area is 68.4 Å². The molecule has 2 heteroatoms. The van der Waals surface area contributed by atoms with Gasteiger partial charge in [-0.05, 0) is 25.2 Å². The van der Waals surface area contributed by atoms with E-state index in [0.717, 1.165) is 31.7 Å². The Bertz CT molecular complexity index is 119. The summed E-state index contributed by atoms with van der Waals surface area (Å²) in [5.74, 6) is 1.01. The number of nitrogens with zero attached hydrogens (tertiary/aromatic N) is 1. The first-order chi connectivity index (χ1) is 5.33. The van der Waals surface area contributed by atoms with Crippen LogP contribution in [0, 0.1) is 11.8 Å². The maximum absolute atomic E-state index is 10.4. The van der Waals surface area contributed by atoms with Gasteiger partial charge >= 0.3 is 0 Å². The Morgan fingerprint density at radius 2 is 2.18 bits per heavy atom. The molecule has 1 fully saturated rings. The molecular weight excluding hydrogens is 138 g/mol. The van der Waals surface area contributed by atoms with Gasteiger partial charge < -0.3 is 4.79 Å². The van der Waals surface area contributed by atoms with Gasteiger partial charge in [0.25, 0.3) is 0 Å². The van der Waals surface area contributed by atoms with Crippen LogP contribution < -0.4 is 5.32 Å². The second-order valence-corrected chi connectivity index (χ2v) is 3.46. The third-order valence-corrected chi connectivity index (χ3v) is 2.33. The molecule has 1 heterocycles. The molecule has 1 aliphatic rings. The van der Waals surface area contributed by atoms with E-state index in [1.807, 2.05) is 6.92 Å². The molecule has 0 aliphatic carbocycles. The number of hydrogen-bond acceptors (Lipinski definition) is 1. The van der Waals surface area contributed by atoms with Crippen molar-refractivity contribution >= 4 is 6.29 Å². The van der Waals surface area contributed by atoms with E-state index in [1.54, 1.807) is 0 Å². The van der Waals surface area contributed by atoms with Gasteiger partial charge in [0.2, 0.25) is 0 Å². The molecule has 1 unspecified atom stereocenters. The molecule has 1 atom stereocenters. The summed E-state index contributed by atoms with van der Waals surface area (Å²) in [5, 5.41) is 4.27. The van der Waals surface area contributed by atoms with Crippen molar-refractivity contribution in [2.24, 2.45) is 11.8 Å². The lowest BCUT2D eigenvalue weighted by atomic mass is 9.89. The molecule has 0 aromatic rings. The maximum Gasteiger partial charge on any atom is 0.122 e. The predicted molar refractivity (Wildman–Crippen MR) is 44.4 cm³/mol. The van der Waals surface area contributed by atoms with E-state index in [1.165, 1.54) is 12.8 Å². The fourth-order valence-electron chi connectivity index (χ4n) is 1.62. The largest absolute Gasteiger partial charge is 0.303 e. The van der Waals surface area contributed by atoms with Crippen molar-refractivity contribution in [1.29, 1.82) is 0 Å². The highest BCUT2D eigenvalue weighted by molar-refractivity contribution is 5.52. The molecule has 1 radical (unpaired) electrons. The molecule has 0 spiro atoms. The predicted octanol–water partition coefficient (Wildman–Crippen LogP) is 1.23. The van der Waals surface area contributed by atoms with Crippen LogP contribution in [-0.4, -0.2) is 19.4 Å². The zero-order valence-electron chi connectivity index (χ0n) is 7.12. The summed E-state index contributed by atoms with van der Waals surface area (Å²) in [6.45, 7) is 4.02. The maximum atomic E-state index is 10.4. The van der Waals surface area contributed by atoms with Gasteiger partial charge in [0.15, 0.2) is 0 Å². The van der Waals surface area contributed by atoms with Crippen LogP contribution in [0.5, 0.6) is 0 Å². The normalized spacial score (nSPS) is 23.0. The molecule has 0 saturated carbocycles. The van der Waals surface area contributed by atoms with Crippen molar-refractivity contribution in [1.82, 2.24) is 5.32 Å². The van der Waals surface area contributed by atoms with Gasteiger partial charge in [-0.15, -0.1) is 0 Å². The molecule has 1 aliphatic heterocycles. The van der Waals surface area contributed by atoms with Crippen LogP contribution in [0.25, 0.3) is 0 Å². The lowest BCUT2D eigenvalue weighted by Crippen LogP contribution is -2.23. The van der Waals surface area contributed by atoms with Crippen molar-refractivity contribution < 1.29 is 4.79 Å². The Morgan fingerprint density at radius 1 is 1.55 bits per heavy atom. The van der Waals surface area contributed by atoms with Gasteiger partial charge in [0.1, 0.15) is 6.29 Å². The Morgan fingerprint density at radius 3 is 2.73 bits per heavy atom. The van der Waals surface area contributed by atoms with Gasteiger partial charge in [-0.25, -0.2) is 5.32 Å². The third-order valence-electron chi connectivity index (χ3n) is 2.33. The van der Waals surface area contributed by atoms with Crippen molar-refractivity contribution in [3.63, 3.8) is 0 Å². The lowest BCUT2D eigenvalue weighted by molar-refractivity contribution is -0.111. The molecule has 11 heavy (non-hydrogen) atoms. The summed E-state index contributed by atoms with van der Waals surface area (Å²) in [5.41, 5.74) is 0. The summed E-state index contributed by atoms with van der Waals surface area (Å²) in [6.07, 6.45) is 4.52. The minimum Gasteiger partial charge on any atom is -0.303 e. The van der Waals surface area contributed by atoms with E-state index < -0.39 is 0 Å². The van der Waals surface area contributed by atoms with Crippen molar-refractivity contribution in [2.45, 2.75) is 26.2 Å². The highest BCUT2D eigenvalue weighted by Gasteiger charge is 2.15. The Hall–Kier alpha value is -0.370. The summed E-state index contributed by atoms with van der Waals surface area (Å²) < 4.78 is 0. The van der Waals surface area contributed by atoms with Gasteiger partial charge in [-0.2, -0.15) is 0 Å². The monoisotopic (exact) mass is 154 g/mol. The number of hydrogen-bond donors (Lipinski definition) is 0. The summed E-state index contributed by atoms with van der Waals surface area (Å²) in [4.78, 5) is 10.4. The van der Waals surface area contributed by atoms with Gasteiger partial charge in [0, 0.05) is 19.0 Å². The Kier molecular flexibility index (Phi) is 3.57. The zero-order chi connectivity index (χ0) is 8.10. The molecule has 0 N–H and O–H groups in total. The van der Waals surface area contributed by atoms with E-state index in [0.29, 0.717) is 0 Å². The third kappa shape index (κ3) is 3.02. The van der Waals surface area contributed by atoms with Crippen molar-refractivity contribution in [3.05, 3.63) is 0 Å². The summed E-state index contributed by atoms with van der Waals surface area (Å²) in [7, 11) is 0. The smallest absolute Gasteiger partial charge is 0.122 e. The average molecular weight is 154 g/mol. The van der Waals surface area contributed by atoms with Crippen LogP contribution in [0.3, 0.4) is 0 Å². The topological polar surface area (TPSA) is 31.2 Å². The molecule has 1 saturated heterocycles. The van der Waals surface area contributed by atoms with Crippen molar-refractivity contribution in [3.8, 4) is 0 Å². The van der Waals surface area contributed by atoms with Crippen LogP contribution >= 0.6 is 0 Å². The average Bonchev–Trinajstić information content (AvgIpc) is 2.06. The van der Waals surface area contributed by atoms with Gasteiger partial charge in [-0.1, -0.05) is 6.92 Å². The molecule has 0 amide bonds. The highest BCUT2D eigenvalue weighted by atomic mass is 16.1. The zero-order valence-corrected chi connectivity index (χ0v) is 7.12. The quantitative estimate of drug-likeness (QED) is 0.562. The van der Waals surface area contributed by atoms with E-state index >= 15 is 0 Å².